The van der Waals surface area contributed by atoms with E-state index in [1.54, 1.807) is 7.05 Å². The maximum atomic E-state index is 10.9. The lowest BCUT2D eigenvalue weighted by Crippen LogP contribution is -2.31. The number of likely N-dealkylation sites (N-methyl/N-ethyl adjacent to an activating group) is 1. The Labute approximate surface area is 102 Å². The highest BCUT2D eigenvalue weighted by atomic mass is 79.9. The molecule has 0 aliphatic rings. The second-order valence-corrected chi connectivity index (χ2v) is 4.34. The van der Waals surface area contributed by atoms with Gasteiger partial charge in [0.2, 0.25) is 5.91 Å². The largest absolute Gasteiger partial charge is 0.358 e. The molecule has 5 heteroatoms. The molecule has 1 aromatic carbocycles. The van der Waals surface area contributed by atoms with Gasteiger partial charge in [0.15, 0.2) is 0 Å². The van der Waals surface area contributed by atoms with Crippen LogP contribution in [0.2, 0.25) is 5.02 Å². The molecule has 82 valence electrons. The summed E-state index contributed by atoms with van der Waals surface area (Å²) in [4.78, 5) is 10.9. The molecule has 1 amide bonds. The average Bonchev–Trinajstić information content (AvgIpc) is 2.23. The normalized spacial score (nSPS) is 10.1. The first-order valence-electron chi connectivity index (χ1n) is 4.48. The van der Waals surface area contributed by atoms with Gasteiger partial charge in [-0.3, -0.25) is 4.79 Å². The van der Waals surface area contributed by atoms with E-state index in [0.29, 0.717) is 18.1 Å². The van der Waals surface area contributed by atoms with Crippen LogP contribution in [-0.2, 0) is 11.3 Å². The van der Waals surface area contributed by atoms with Crippen molar-refractivity contribution in [3.05, 3.63) is 33.3 Å². The van der Waals surface area contributed by atoms with Crippen LogP contribution in [0.4, 0.5) is 0 Å². The summed E-state index contributed by atoms with van der Waals surface area (Å²) < 4.78 is 0.976. The molecule has 0 spiro atoms. The fraction of sp³-hybridized carbons (Fsp3) is 0.300. The molecule has 15 heavy (non-hydrogen) atoms. The fourth-order valence-electron chi connectivity index (χ4n) is 1.08. The zero-order valence-electron chi connectivity index (χ0n) is 8.31. The lowest BCUT2D eigenvalue weighted by Gasteiger charge is -2.06. The zero-order valence-corrected chi connectivity index (χ0v) is 10.7. The highest BCUT2D eigenvalue weighted by Gasteiger charge is 2.02. The van der Waals surface area contributed by atoms with Gasteiger partial charge in [0.25, 0.3) is 0 Å². The van der Waals surface area contributed by atoms with E-state index in [1.165, 1.54) is 0 Å². The third-order valence-electron chi connectivity index (χ3n) is 1.89. The molecule has 1 aromatic rings. The number of benzene rings is 1. The SMILES string of the molecule is CNC(=O)CNCc1cc(Br)ccc1Cl. The Morgan fingerprint density at radius 1 is 1.53 bits per heavy atom. The topological polar surface area (TPSA) is 41.1 Å². The van der Waals surface area contributed by atoms with E-state index >= 15 is 0 Å². The number of amides is 1. The van der Waals surface area contributed by atoms with Crippen LogP contribution in [0.3, 0.4) is 0 Å². The quantitative estimate of drug-likeness (QED) is 0.890. The number of rotatable bonds is 4. The van der Waals surface area contributed by atoms with E-state index in [2.05, 4.69) is 26.6 Å². The maximum Gasteiger partial charge on any atom is 0.233 e. The Balaban J connectivity index is 2.50. The van der Waals surface area contributed by atoms with Gasteiger partial charge in [0.05, 0.1) is 6.54 Å². The molecule has 0 unspecified atom stereocenters. The number of hydrogen-bond acceptors (Lipinski definition) is 2. The van der Waals surface area contributed by atoms with E-state index in [0.717, 1.165) is 10.0 Å². The van der Waals surface area contributed by atoms with Crippen molar-refractivity contribution in [3.8, 4) is 0 Å². The van der Waals surface area contributed by atoms with E-state index in [4.69, 9.17) is 11.6 Å². The Kier molecular flexibility index (Phi) is 5.08. The predicted molar refractivity (Wildman–Crippen MR) is 64.9 cm³/mol. The van der Waals surface area contributed by atoms with E-state index < -0.39 is 0 Å². The average molecular weight is 292 g/mol. The lowest BCUT2D eigenvalue weighted by molar-refractivity contribution is -0.119. The Morgan fingerprint density at radius 2 is 2.27 bits per heavy atom. The van der Waals surface area contributed by atoms with Crippen molar-refractivity contribution in [3.63, 3.8) is 0 Å². The summed E-state index contributed by atoms with van der Waals surface area (Å²) in [6.07, 6.45) is 0. The fourth-order valence-corrected chi connectivity index (χ4v) is 1.67. The third kappa shape index (κ3) is 4.20. The minimum absolute atomic E-state index is 0.0406. The molecule has 1 rings (SSSR count). The summed E-state index contributed by atoms with van der Waals surface area (Å²) in [6.45, 7) is 0.866. The predicted octanol–water partition coefficient (Wildman–Crippen LogP) is 1.94. The number of halogens is 2. The summed E-state index contributed by atoms with van der Waals surface area (Å²) in [5.41, 5.74) is 0.968. The Hall–Kier alpha value is -0.580. The van der Waals surface area contributed by atoms with Crippen LogP contribution in [0.5, 0.6) is 0 Å². The van der Waals surface area contributed by atoms with E-state index in [1.807, 2.05) is 18.2 Å². The van der Waals surface area contributed by atoms with Gasteiger partial charge in [-0.2, -0.15) is 0 Å². The molecule has 0 bridgehead atoms. The molecule has 0 atom stereocenters. The first-order valence-corrected chi connectivity index (χ1v) is 5.66. The van der Waals surface area contributed by atoms with Crippen molar-refractivity contribution >= 4 is 33.4 Å². The molecule has 0 aliphatic heterocycles. The highest BCUT2D eigenvalue weighted by molar-refractivity contribution is 9.10. The number of carbonyl (C=O) groups is 1. The molecular weight excluding hydrogens is 279 g/mol. The smallest absolute Gasteiger partial charge is 0.233 e. The van der Waals surface area contributed by atoms with Gasteiger partial charge in [0.1, 0.15) is 0 Å². The maximum absolute atomic E-state index is 10.9. The zero-order chi connectivity index (χ0) is 11.3. The van der Waals surface area contributed by atoms with Crippen molar-refractivity contribution < 1.29 is 4.79 Å². The second-order valence-electron chi connectivity index (χ2n) is 3.01. The minimum atomic E-state index is -0.0406. The van der Waals surface area contributed by atoms with Gasteiger partial charge in [-0.05, 0) is 23.8 Å². The molecule has 0 radical (unpaired) electrons. The molecule has 0 heterocycles. The summed E-state index contributed by atoms with van der Waals surface area (Å²) in [5, 5.41) is 6.23. The van der Waals surface area contributed by atoms with Crippen molar-refractivity contribution in [2.75, 3.05) is 13.6 Å². The van der Waals surface area contributed by atoms with Gasteiger partial charge >= 0.3 is 0 Å². The van der Waals surface area contributed by atoms with Gasteiger partial charge in [-0.1, -0.05) is 27.5 Å². The first kappa shape index (κ1) is 12.5. The molecular formula is C10H12BrClN2O. The van der Waals surface area contributed by atoms with Crippen LogP contribution in [0.25, 0.3) is 0 Å². The number of hydrogen-bond donors (Lipinski definition) is 2. The van der Waals surface area contributed by atoms with Crippen molar-refractivity contribution in [2.24, 2.45) is 0 Å². The lowest BCUT2D eigenvalue weighted by atomic mass is 10.2. The first-order chi connectivity index (χ1) is 7.13. The van der Waals surface area contributed by atoms with Crippen LogP contribution >= 0.6 is 27.5 Å². The standard InChI is InChI=1S/C10H12BrClN2O/c1-13-10(15)6-14-5-7-4-8(11)2-3-9(7)12/h2-4,14H,5-6H2,1H3,(H,13,15). The minimum Gasteiger partial charge on any atom is -0.358 e. The summed E-state index contributed by atoms with van der Waals surface area (Å²) in [7, 11) is 1.61. The monoisotopic (exact) mass is 290 g/mol. The molecule has 0 saturated heterocycles. The van der Waals surface area contributed by atoms with Crippen LogP contribution in [0, 0.1) is 0 Å². The van der Waals surface area contributed by atoms with Crippen LogP contribution in [0.15, 0.2) is 22.7 Å². The highest BCUT2D eigenvalue weighted by Crippen LogP contribution is 2.20. The van der Waals surface area contributed by atoms with Crippen LogP contribution in [-0.4, -0.2) is 19.5 Å². The summed E-state index contributed by atoms with van der Waals surface area (Å²) in [5.74, 6) is -0.0406. The molecule has 0 saturated carbocycles. The number of nitrogens with one attached hydrogen (secondary N) is 2. The van der Waals surface area contributed by atoms with Gasteiger partial charge < -0.3 is 10.6 Å². The molecule has 0 fully saturated rings. The van der Waals surface area contributed by atoms with Crippen molar-refractivity contribution in [1.29, 1.82) is 0 Å². The summed E-state index contributed by atoms with van der Waals surface area (Å²) >= 11 is 9.35. The Morgan fingerprint density at radius 3 is 2.93 bits per heavy atom. The molecule has 3 nitrogen and oxygen atoms in total. The Bertz CT molecular complexity index is 357. The van der Waals surface area contributed by atoms with Gasteiger partial charge in [0, 0.05) is 23.1 Å². The summed E-state index contributed by atoms with van der Waals surface area (Å²) in [6, 6.07) is 5.63. The van der Waals surface area contributed by atoms with Crippen molar-refractivity contribution in [2.45, 2.75) is 6.54 Å². The second kappa shape index (κ2) is 6.10. The molecule has 2 N–H and O–H groups in total. The van der Waals surface area contributed by atoms with Gasteiger partial charge in [-0.25, -0.2) is 0 Å². The van der Waals surface area contributed by atoms with Crippen LogP contribution < -0.4 is 10.6 Å². The van der Waals surface area contributed by atoms with E-state index in [-0.39, 0.29) is 5.91 Å². The van der Waals surface area contributed by atoms with Crippen molar-refractivity contribution in [1.82, 2.24) is 10.6 Å². The molecule has 0 aromatic heterocycles. The van der Waals surface area contributed by atoms with E-state index in [9.17, 15) is 4.79 Å². The molecule has 0 aliphatic carbocycles. The van der Waals surface area contributed by atoms with Gasteiger partial charge in [-0.15, -0.1) is 0 Å². The number of carbonyl (C=O) groups excluding carboxylic acids is 1. The van der Waals surface area contributed by atoms with Crippen LogP contribution in [0.1, 0.15) is 5.56 Å². The third-order valence-corrected chi connectivity index (χ3v) is 2.75.